The van der Waals surface area contributed by atoms with Crippen molar-refractivity contribution in [3.8, 4) is 11.8 Å². The zero-order valence-corrected chi connectivity index (χ0v) is 20.0. The Kier molecular flexibility index (Phi) is 7.24. The molecule has 7 nitrogen and oxygen atoms in total. The molecule has 1 atom stereocenters. The molecule has 0 unspecified atom stereocenters. The number of benzene rings is 2. The number of fused-ring (bicyclic) bond motifs is 1. The van der Waals surface area contributed by atoms with Crippen LogP contribution >= 0.6 is 11.8 Å². The Morgan fingerprint density at radius 1 is 1.18 bits per heavy atom. The van der Waals surface area contributed by atoms with Gasteiger partial charge in [-0.2, -0.15) is 5.26 Å². The van der Waals surface area contributed by atoms with Crippen LogP contribution in [-0.4, -0.2) is 22.6 Å². The third kappa shape index (κ3) is 4.66. The Morgan fingerprint density at radius 3 is 2.56 bits per heavy atom. The van der Waals surface area contributed by atoms with E-state index in [1.54, 1.807) is 11.8 Å². The number of thioether (sulfide) groups is 1. The largest absolute Gasteiger partial charge is 0.489 e. The van der Waals surface area contributed by atoms with Gasteiger partial charge in [0.05, 0.1) is 23.9 Å². The van der Waals surface area contributed by atoms with Crippen molar-refractivity contribution in [1.29, 1.82) is 5.26 Å². The van der Waals surface area contributed by atoms with Gasteiger partial charge in [-0.1, -0.05) is 55.8 Å². The summed E-state index contributed by atoms with van der Waals surface area (Å²) in [6.07, 6.45) is 1.43. The first-order valence-electron chi connectivity index (χ1n) is 11.2. The van der Waals surface area contributed by atoms with Crippen molar-refractivity contribution in [3.63, 3.8) is 0 Å². The van der Waals surface area contributed by atoms with Crippen LogP contribution in [0.2, 0.25) is 0 Å². The molecule has 0 amide bonds. The summed E-state index contributed by atoms with van der Waals surface area (Å²) in [5, 5.41) is 10.1. The van der Waals surface area contributed by atoms with E-state index in [0.29, 0.717) is 40.1 Å². The monoisotopic (exact) mass is 474 g/mol. The number of allylic oxidation sites excluding steroid dienone is 2. The van der Waals surface area contributed by atoms with Crippen molar-refractivity contribution in [2.24, 2.45) is 10.7 Å². The number of hydrogen-bond donors (Lipinski definition) is 1. The van der Waals surface area contributed by atoms with E-state index in [4.69, 9.17) is 20.2 Å². The molecule has 2 N–H and O–H groups in total. The van der Waals surface area contributed by atoms with E-state index >= 15 is 0 Å². The van der Waals surface area contributed by atoms with E-state index < -0.39 is 12.0 Å². The lowest BCUT2D eigenvalue weighted by Gasteiger charge is -2.35. The lowest BCUT2D eigenvalue weighted by molar-refractivity contribution is -0.139. The highest BCUT2D eigenvalue weighted by Gasteiger charge is 2.43. The van der Waals surface area contributed by atoms with Crippen molar-refractivity contribution in [3.05, 3.63) is 87.7 Å². The standard InChI is InChI=1S/C26H26N4O3S/c1-3-8-20-22(25(31)32-4-2)23(30-24(28)21(15-27)34-26(30)29-20)18-11-13-19(14-12-18)33-16-17-9-6-5-7-10-17/h5-7,9-14,23H,3-4,8,16,28H2,1-2H3/t23-/m1/s1. The van der Waals surface area contributed by atoms with Crippen LogP contribution in [0.5, 0.6) is 5.75 Å². The van der Waals surface area contributed by atoms with Gasteiger partial charge in [-0.25, -0.2) is 9.79 Å². The molecule has 2 heterocycles. The molecular formula is C26H26N4O3S. The number of nitriles is 1. The summed E-state index contributed by atoms with van der Waals surface area (Å²) in [4.78, 5) is 19.9. The van der Waals surface area contributed by atoms with Gasteiger partial charge in [0.1, 0.15) is 29.2 Å². The third-order valence-corrected chi connectivity index (χ3v) is 6.47. The number of ether oxygens (including phenoxy) is 2. The molecule has 2 aromatic rings. The van der Waals surface area contributed by atoms with Gasteiger partial charge in [0.25, 0.3) is 0 Å². The quantitative estimate of drug-likeness (QED) is 0.538. The van der Waals surface area contributed by atoms with Gasteiger partial charge in [-0.3, -0.25) is 4.90 Å². The summed E-state index contributed by atoms with van der Waals surface area (Å²) in [6.45, 7) is 4.52. The molecule has 0 radical (unpaired) electrons. The van der Waals surface area contributed by atoms with Gasteiger partial charge in [0, 0.05) is 0 Å². The molecule has 2 aliphatic rings. The highest BCUT2D eigenvalue weighted by atomic mass is 32.2. The van der Waals surface area contributed by atoms with Crippen LogP contribution in [0.25, 0.3) is 0 Å². The molecule has 8 heteroatoms. The molecule has 4 rings (SSSR count). The lowest BCUT2D eigenvalue weighted by Crippen LogP contribution is -2.39. The second-order valence-corrected chi connectivity index (χ2v) is 8.75. The first kappa shape index (κ1) is 23.5. The van der Waals surface area contributed by atoms with Crippen LogP contribution in [-0.2, 0) is 16.1 Å². The number of rotatable bonds is 8. The molecule has 0 saturated carbocycles. The minimum atomic E-state index is -0.547. The molecular weight excluding hydrogens is 448 g/mol. The summed E-state index contributed by atoms with van der Waals surface area (Å²) in [5.41, 5.74) is 9.38. The fourth-order valence-electron chi connectivity index (χ4n) is 3.94. The molecule has 0 saturated heterocycles. The van der Waals surface area contributed by atoms with Crippen molar-refractivity contribution in [2.45, 2.75) is 39.3 Å². The summed E-state index contributed by atoms with van der Waals surface area (Å²) >= 11 is 1.23. The van der Waals surface area contributed by atoms with Crippen molar-refractivity contribution < 1.29 is 14.3 Å². The smallest absolute Gasteiger partial charge is 0.338 e. The Balaban J connectivity index is 1.71. The van der Waals surface area contributed by atoms with Gasteiger partial charge in [-0.05, 0) is 48.4 Å². The Bertz CT molecular complexity index is 1200. The molecule has 174 valence electrons. The molecule has 2 aromatic carbocycles. The average molecular weight is 475 g/mol. The normalized spacial score (nSPS) is 17.3. The van der Waals surface area contributed by atoms with Gasteiger partial charge < -0.3 is 15.2 Å². The van der Waals surface area contributed by atoms with Gasteiger partial charge in [0.15, 0.2) is 5.17 Å². The topological polar surface area (TPSA) is 101 Å². The van der Waals surface area contributed by atoms with E-state index in [1.807, 2.05) is 61.5 Å². The number of hydrogen-bond acceptors (Lipinski definition) is 8. The van der Waals surface area contributed by atoms with Crippen molar-refractivity contribution >= 4 is 22.9 Å². The van der Waals surface area contributed by atoms with Gasteiger partial charge >= 0.3 is 5.97 Å². The molecule has 0 bridgehead atoms. The molecule has 34 heavy (non-hydrogen) atoms. The number of carbonyl (C=O) groups is 1. The highest BCUT2D eigenvalue weighted by molar-refractivity contribution is 8.17. The third-order valence-electron chi connectivity index (χ3n) is 5.49. The zero-order chi connectivity index (χ0) is 24.1. The fourth-order valence-corrected chi connectivity index (χ4v) is 4.83. The number of nitrogens with two attached hydrogens (primary N) is 1. The van der Waals surface area contributed by atoms with Crippen LogP contribution in [0.4, 0.5) is 0 Å². The van der Waals surface area contributed by atoms with Gasteiger partial charge in [0.2, 0.25) is 0 Å². The maximum Gasteiger partial charge on any atom is 0.338 e. The zero-order valence-electron chi connectivity index (χ0n) is 19.2. The minimum absolute atomic E-state index is 0.251. The number of aliphatic imine (C=N–C) groups is 1. The molecule has 0 fully saturated rings. The SMILES string of the molecule is CCCC1=C(C(=O)OCC)[C@@H](c2ccc(OCc3ccccc3)cc2)N2C(=N1)SC(C#N)=C2N. The van der Waals surface area contributed by atoms with Crippen LogP contribution in [0.1, 0.15) is 43.9 Å². The van der Waals surface area contributed by atoms with Crippen LogP contribution in [0.15, 0.2) is 81.6 Å². The Morgan fingerprint density at radius 2 is 1.91 bits per heavy atom. The number of carbonyl (C=O) groups excluding carboxylic acids is 1. The first-order chi connectivity index (χ1) is 16.6. The van der Waals surface area contributed by atoms with E-state index in [2.05, 4.69) is 6.07 Å². The van der Waals surface area contributed by atoms with Crippen LogP contribution in [0.3, 0.4) is 0 Å². The fraction of sp³-hybridized carbons (Fsp3) is 0.269. The average Bonchev–Trinajstić information content (AvgIpc) is 3.18. The minimum Gasteiger partial charge on any atom is -0.489 e. The Hall–Kier alpha value is -3.70. The summed E-state index contributed by atoms with van der Waals surface area (Å²) in [6, 6.07) is 19.1. The second-order valence-electron chi connectivity index (χ2n) is 7.77. The van der Waals surface area contributed by atoms with Gasteiger partial charge in [-0.15, -0.1) is 0 Å². The number of amidine groups is 1. The van der Waals surface area contributed by atoms with E-state index in [0.717, 1.165) is 17.5 Å². The van der Waals surface area contributed by atoms with Crippen LogP contribution < -0.4 is 10.5 Å². The van der Waals surface area contributed by atoms with E-state index in [-0.39, 0.29) is 12.4 Å². The molecule has 2 aliphatic heterocycles. The van der Waals surface area contributed by atoms with E-state index in [1.165, 1.54) is 11.8 Å². The van der Waals surface area contributed by atoms with Crippen molar-refractivity contribution in [2.75, 3.05) is 6.61 Å². The summed E-state index contributed by atoms with van der Waals surface area (Å²) in [7, 11) is 0. The first-order valence-corrected chi connectivity index (χ1v) is 12.0. The summed E-state index contributed by atoms with van der Waals surface area (Å²) < 4.78 is 11.3. The molecule has 0 aromatic heterocycles. The van der Waals surface area contributed by atoms with Crippen LogP contribution in [0, 0.1) is 11.3 Å². The predicted octanol–water partition coefficient (Wildman–Crippen LogP) is 4.99. The Labute approximate surface area is 203 Å². The number of esters is 1. The molecule has 0 aliphatic carbocycles. The summed E-state index contributed by atoms with van der Waals surface area (Å²) in [5.74, 6) is 0.578. The predicted molar refractivity (Wildman–Crippen MR) is 132 cm³/mol. The molecule has 0 spiro atoms. The second kappa shape index (κ2) is 10.5. The maximum atomic E-state index is 13.1. The highest BCUT2D eigenvalue weighted by Crippen LogP contribution is 2.46. The van der Waals surface area contributed by atoms with E-state index in [9.17, 15) is 10.1 Å². The maximum absolute atomic E-state index is 13.1. The lowest BCUT2D eigenvalue weighted by atomic mass is 9.93. The number of nitrogens with zero attached hydrogens (tertiary/aromatic N) is 3. The van der Waals surface area contributed by atoms with Crippen molar-refractivity contribution in [1.82, 2.24) is 4.90 Å².